The summed E-state index contributed by atoms with van der Waals surface area (Å²) >= 11 is 0. The third-order valence-electron chi connectivity index (χ3n) is 2.04. The highest BCUT2D eigenvalue weighted by Gasteiger charge is 2.09. The second kappa shape index (κ2) is 5.34. The van der Waals surface area contributed by atoms with Crippen LogP contribution < -0.4 is 11.1 Å². The standard InChI is InChI=1S/C10H15N3O/c1-2-9(6-11)13-10(14)8-4-3-5-12-7-8/h3-5,7,9H,2,6,11H2,1H3,(H,13,14). The number of hydrogen-bond donors (Lipinski definition) is 2. The van der Waals surface area contributed by atoms with Gasteiger partial charge in [-0.1, -0.05) is 6.92 Å². The molecule has 76 valence electrons. The van der Waals surface area contributed by atoms with Crippen molar-refractivity contribution in [3.05, 3.63) is 30.1 Å². The molecule has 0 fully saturated rings. The van der Waals surface area contributed by atoms with Crippen LogP contribution in [0, 0.1) is 0 Å². The summed E-state index contributed by atoms with van der Waals surface area (Å²) in [5, 5.41) is 2.83. The molecule has 1 atom stereocenters. The normalized spacial score (nSPS) is 12.1. The van der Waals surface area contributed by atoms with Gasteiger partial charge in [-0.25, -0.2) is 0 Å². The van der Waals surface area contributed by atoms with E-state index in [0.29, 0.717) is 12.1 Å². The van der Waals surface area contributed by atoms with Gasteiger partial charge in [-0.15, -0.1) is 0 Å². The van der Waals surface area contributed by atoms with E-state index in [9.17, 15) is 4.79 Å². The van der Waals surface area contributed by atoms with Gasteiger partial charge in [0.15, 0.2) is 0 Å². The highest BCUT2D eigenvalue weighted by Crippen LogP contribution is 1.97. The molecule has 0 radical (unpaired) electrons. The summed E-state index contributed by atoms with van der Waals surface area (Å²) in [6, 6.07) is 3.51. The Balaban J connectivity index is 2.59. The molecular weight excluding hydrogens is 178 g/mol. The molecule has 1 unspecified atom stereocenters. The maximum absolute atomic E-state index is 11.6. The lowest BCUT2D eigenvalue weighted by Gasteiger charge is -2.13. The van der Waals surface area contributed by atoms with E-state index in [-0.39, 0.29) is 11.9 Å². The van der Waals surface area contributed by atoms with Crippen LogP contribution in [-0.4, -0.2) is 23.5 Å². The number of aromatic nitrogens is 1. The lowest BCUT2D eigenvalue weighted by molar-refractivity contribution is 0.0937. The van der Waals surface area contributed by atoms with Gasteiger partial charge >= 0.3 is 0 Å². The lowest BCUT2D eigenvalue weighted by atomic mass is 10.2. The van der Waals surface area contributed by atoms with Crippen LogP contribution in [0.2, 0.25) is 0 Å². The van der Waals surface area contributed by atoms with Crippen molar-refractivity contribution >= 4 is 5.91 Å². The van der Waals surface area contributed by atoms with E-state index in [1.54, 1.807) is 24.5 Å². The number of pyridine rings is 1. The Labute approximate surface area is 83.5 Å². The average Bonchev–Trinajstić information content (AvgIpc) is 2.26. The molecule has 14 heavy (non-hydrogen) atoms. The predicted molar refractivity (Wildman–Crippen MR) is 54.8 cm³/mol. The number of rotatable bonds is 4. The fourth-order valence-corrected chi connectivity index (χ4v) is 1.09. The van der Waals surface area contributed by atoms with Crippen LogP contribution in [-0.2, 0) is 0 Å². The maximum Gasteiger partial charge on any atom is 0.253 e. The summed E-state index contributed by atoms with van der Waals surface area (Å²) in [6.45, 7) is 2.45. The van der Waals surface area contributed by atoms with Gasteiger partial charge < -0.3 is 11.1 Å². The van der Waals surface area contributed by atoms with Gasteiger partial charge in [0.2, 0.25) is 0 Å². The maximum atomic E-state index is 11.6. The summed E-state index contributed by atoms with van der Waals surface area (Å²) in [6.07, 6.45) is 4.01. The van der Waals surface area contributed by atoms with Crippen LogP contribution >= 0.6 is 0 Å². The SMILES string of the molecule is CCC(CN)NC(=O)c1cccnc1. The van der Waals surface area contributed by atoms with E-state index in [2.05, 4.69) is 10.3 Å². The Hall–Kier alpha value is -1.42. The van der Waals surface area contributed by atoms with Crippen molar-refractivity contribution in [2.24, 2.45) is 5.73 Å². The van der Waals surface area contributed by atoms with Gasteiger partial charge in [-0.05, 0) is 18.6 Å². The highest BCUT2D eigenvalue weighted by atomic mass is 16.1. The molecule has 0 aromatic carbocycles. The first-order valence-corrected chi connectivity index (χ1v) is 4.69. The number of nitrogens with zero attached hydrogens (tertiary/aromatic N) is 1. The molecule has 1 aromatic rings. The van der Waals surface area contributed by atoms with Crippen molar-refractivity contribution in [1.82, 2.24) is 10.3 Å². The van der Waals surface area contributed by atoms with Crippen LogP contribution in [0.3, 0.4) is 0 Å². The van der Waals surface area contributed by atoms with Gasteiger partial charge in [-0.3, -0.25) is 9.78 Å². The third-order valence-corrected chi connectivity index (χ3v) is 2.04. The van der Waals surface area contributed by atoms with Crippen LogP contribution in [0.4, 0.5) is 0 Å². The minimum atomic E-state index is -0.115. The summed E-state index contributed by atoms with van der Waals surface area (Å²) < 4.78 is 0. The minimum Gasteiger partial charge on any atom is -0.348 e. The molecule has 4 heteroatoms. The first-order valence-electron chi connectivity index (χ1n) is 4.69. The van der Waals surface area contributed by atoms with Crippen LogP contribution in [0.1, 0.15) is 23.7 Å². The fourth-order valence-electron chi connectivity index (χ4n) is 1.09. The molecule has 0 saturated carbocycles. The molecule has 0 spiro atoms. The molecule has 0 bridgehead atoms. The minimum absolute atomic E-state index is 0.0442. The van der Waals surface area contributed by atoms with Gasteiger partial charge in [0.1, 0.15) is 0 Å². The highest BCUT2D eigenvalue weighted by molar-refractivity contribution is 5.93. The van der Waals surface area contributed by atoms with Crippen LogP contribution in [0.15, 0.2) is 24.5 Å². The van der Waals surface area contributed by atoms with Crippen molar-refractivity contribution in [1.29, 1.82) is 0 Å². The number of carbonyl (C=O) groups is 1. The molecular formula is C10H15N3O. The molecule has 1 rings (SSSR count). The van der Waals surface area contributed by atoms with Gasteiger partial charge in [0, 0.05) is 25.0 Å². The van der Waals surface area contributed by atoms with Crippen molar-refractivity contribution in [2.75, 3.05) is 6.54 Å². The second-order valence-electron chi connectivity index (χ2n) is 3.06. The van der Waals surface area contributed by atoms with E-state index in [1.807, 2.05) is 6.92 Å². The van der Waals surface area contributed by atoms with Crippen molar-refractivity contribution in [3.63, 3.8) is 0 Å². The summed E-state index contributed by atoms with van der Waals surface area (Å²) in [5.74, 6) is -0.115. The number of nitrogens with two attached hydrogens (primary N) is 1. The Morgan fingerprint density at radius 3 is 3.00 bits per heavy atom. The van der Waals surface area contributed by atoms with Crippen LogP contribution in [0.25, 0.3) is 0 Å². The Morgan fingerprint density at radius 1 is 1.71 bits per heavy atom. The molecule has 0 saturated heterocycles. The zero-order valence-corrected chi connectivity index (χ0v) is 8.23. The molecule has 0 aliphatic carbocycles. The largest absolute Gasteiger partial charge is 0.348 e. The molecule has 0 aliphatic heterocycles. The molecule has 1 heterocycles. The van der Waals surface area contributed by atoms with E-state index in [1.165, 1.54) is 0 Å². The molecule has 3 N–H and O–H groups in total. The zero-order chi connectivity index (χ0) is 10.4. The van der Waals surface area contributed by atoms with E-state index < -0.39 is 0 Å². The number of carbonyl (C=O) groups excluding carboxylic acids is 1. The molecule has 1 aromatic heterocycles. The fraction of sp³-hybridized carbons (Fsp3) is 0.400. The first-order chi connectivity index (χ1) is 6.77. The second-order valence-corrected chi connectivity index (χ2v) is 3.06. The predicted octanol–water partition coefficient (Wildman–Crippen LogP) is 0.549. The van der Waals surface area contributed by atoms with Crippen molar-refractivity contribution in [3.8, 4) is 0 Å². The summed E-state index contributed by atoms with van der Waals surface area (Å²) in [5.41, 5.74) is 6.05. The topological polar surface area (TPSA) is 68.0 Å². The molecule has 0 aliphatic rings. The zero-order valence-electron chi connectivity index (χ0n) is 8.23. The third kappa shape index (κ3) is 2.81. The van der Waals surface area contributed by atoms with Gasteiger partial charge in [-0.2, -0.15) is 0 Å². The number of hydrogen-bond acceptors (Lipinski definition) is 3. The number of amides is 1. The smallest absolute Gasteiger partial charge is 0.253 e. The summed E-state index contributed by atoms with van der Waals surface area (Å²) in [4.78, 5) is 15.4. The van der Waals surface area contributed by atoms with Gasteiger partial charge in [0.25, 0.3) is 5.91 Å². The van der Waals surface area contributed by atoms with Crippen molar-refractivity contribution in [2.45, 2.75) is 19.4 Å². The first kappa shape index (κ1) is 10.7. The Kier molecular flexibility index (Phi) is 4.07. The van der Waals surface area contributed by atoms with Gasteiger partial charge in [0.05, 0.1) is 5.56 Å². The average molecular weight is 193 g/mol. The van der Waals surface area contributed by atoms with Crippen molar-refractivity contribution < 1.29 is 4.79 Å². The Bertz CT molecular complexity index is 283. The van der Waals surface area contributed by atoms with E-state index >= 15 is 0 Å². The number of nitrogens with one attached hydrogen (secondary N) is 1. The van der Waals surface area contributed by atoms with E-state index in [0.717, 1.165) is 6.42 Å². The quantitative estimate of drug-likeness (QED) is 0.733. The summed E-state index contributed by atoms with van der Waals surface area (Å²) in [7, 11) is 0. The monoisotopic (exact) mass is 193 g/mol. The van der Waals surface area contributed by atoms with E-state index in [4.69, 9.17) is 5.73 Å². The van der Waals surface area contributed by atoms with Crippen LogP contribution in [0.5, 0.6) is 0 Å². The molecule has 4 nitrogen and oxygen atoms in total. The lowest BCUT2D eigenvalue weighted by Crippen LogP contribution is -2.39. The Morgan fingerprint density at radius 2 is 2.50 bits per heavy atom. The molecule has 1 amide bonds.